The van der Waals surface area contributed by atoms with Crippen molar-refractivity contribution < 1.29 is 0 Å². The van der Waals surface area contributed by atoms with Crippen molar-refractivity contribution in [1.29, 1.82) is 0 Å². The fraction of sp³-hybridized carbons (Fsp3) is 0.875. The third kappa shape index (κ3) is 2.03. The number of hydrogen-bond donors (Lipinski definition) is 1. The average Bonchev–Trinajstić information content (AvgIpc) is 2.05. The van der Waals surface area contributed by atoms with Crippen molar-refractivity contribution in [3.05, 3.63) is 0 Å². The van der Waals surface area contributed by atoms with Crippen LogP contribution in [0.1, 0.15) is 32.1 Å². The van der Waals surface area contributed by atoms with Crippen LogP contribution in [0.3, 0.4) is 0 Å². The highest BCUT2D eigenvalue weighted by atomic mass is 32.1. The molecule has 0 bridgehead atoms. The van der Waals surface area contributed by atoms with Gasteiger partial charge in [0, 0.05) is 6.04 Å². The topological polar surface area (TPSA) is 26.0 Å². The van der Waals surface area contributed by atoms with Gasteiger partial charge in [0.05, 0.1) is 0 Å². The fourth-order valence-corrected chi connectivity index (χ4v) is 1.85. The number of thiocarbonyl (C=S) groups is 1. The van der Waals surface area contributed by atoms with Crippen LogP contribution in [0, 0.1) is 5.92 Å². The van der Waals surface area contributed by atoms with Gasteiger partial charge < -0.3 is 5.73 Å². The lowest BCUT2D eigenvalue weighted by atomic mass is 9.85. The van der Waals surface area contributed by atoms with Crippen molar-refractivity contribution in [2.45, 2.75) is 38.1 Å². The van der Waals surface area contributed by atoms with E-state index >= 15 is 0 Å². The summed E-state index contributed by atoms with van der Waals surface area (Å²) in [6.45, 7) is 0. The van der Waals surface area contributed by atoms with Crippen LogP contribution in [0.2, 0.25) is 0 Å². The van der Waals surface area contributed by atoms with Crippen LogP contribution in [0.4, 0.5) is 0 Å². The number of hydrogen-bond acceptors (Lipinski definition) is 2. The summed E-state index contributed by atoms with van der Waals surface area (Å²) in [6.07, 6.45) is 6.66. The zero-order valence-corrected chi connectivity index (χ0v) is 7.07. The van der Waals surface area contributed by atoms with Gasteiger partial charge in [-0.15, -0.1) is 0 Å². The van der Waals surface area contributed by atoms with Gasteiger partial charge in [-0.1, -0.05) is 31.5 Å². The van der Waals surface area contributed by atoms with Gasteiger partial charge in [0.2, 0.25) is 0 Å². The largest absolute Gasteiger partial charge is 0.324 e. The Kier molecular flexibility index (Phi) is 3.29. The minimum atomic E-state index is 0.176. The summed E-state index contributed by atoms with van der Waals surface area (Å²) in [5.74, 6) is 0.686. The van der Waals surface area contributed by atoms with Crippen molar-refractivity contribution in [1.82, 2.24) is 0 Å². The first-order valence-corrected chi connectivity index (χ1v) is 4.52. The second-order valence-electron chi connectivity index (χ2n) is 3.11. The highest BCUT2D eigenvalue weighted by Crippen LogP contribution is 2.24. The van der Waals surface area contributed by atoms with Crippen LogP contribution in [0.15, 0.2) is 0 Å². The van der Waals surface area contributed by atoms with Crippen LogP contribution in [0.25, 0.3) is 0 Å². The normalized spacial score (nSPS) is 24.1. The Hall–Kier alpha value is 0.0500. The predicted molar refractivity (Wildman–Crippen MR) is 48.2 cm³/mol. The summed E-state index contributed by atoms with van der Waals surface area (Å²) in [5, 5.41) is 1.72. The van der Waals surface area contributed by atoms with Crippen molar-refractivity contribution in [2.75, 3.05) is 0 Å². The van der Waals surface area contributed by atoms with E-state index in [1.165, 1.54) is 32.1 Å². The Morgan fingerprint density at radius 2 is 1.90 bits per heavy atom. The SMILES string of the molecule is NC(C=S)C1CCCCC1. The molecule has 0 aromatic heterocycles. The Balaban J connectivity index is 2.30. The first kappa shape index (κ1) is 8.15. The van der Waals surface area contributed by atoms with Crippen LogP contribution >= 0.6 is 12.2 Å². The third-order valence-corrected chi connectivity index (χ3v) is 2.67. The maximum absolute atomic E-state index is 5.79. The van der Waals surface area contributed by atoms with Crippen molar-refractivity contribution in [2.24, 2.45) is 11.7 Å². The number of nitrogens with two attached hydrogens (primary N) is 1. The summed E-state index contributed by atoms with van der Waals surface area (Å²) < 4.78 is 0. The summed E-state index contributed by atoms with van der Waals surface area (Å²) in [5.41, 5.74) is 5.79. The molecule has 1 rings (SSSR count). The van der Waals surface area contributed by atoms with E-state index in [1.54, 1.807) is 5.37 Å². The van der Waals surface area contributed by atoms with Gasteiger partial charge in [-0.2, -0.15) is 0 Å². The second-order valence-corrected chi connectivity index (χ2v) is 3.38. The highest BCUT2D eigenvalue weighted by molar-refractivity contribution is 7.79. The van der Waals surface area contributed by atoms with Gasteiger partial charge in [-0.3, -0.25) is 0 Å². The Bertz CT molecular complexity index is 108. The minimum absolute atomic E-state index is 0.176. The molecule has 0 aliphatic heterocycles. The van der Waals surface area contributed by atoms with Gasteiger partial charge >= 0.3 is 0 Å². The molecule has 1 aliphatic carbocycles. The zero-order valence-electron chi connectivity index (χ0n) is 6.25. The molecule has 10 heavy (non-hydrogen) atoms. The Morgan fingerprint density at radius 1 is 1.30 bits per heavy atom. The smallest absolute Gasteiger partial charge is 0.0357 e. The van der Waals surface area contributed by atoms with Crippen molar-refractivity contribution in [3.63, 3.8) is 0 Å². The van der Waals surface area contributed by atoms with Crippen LogP contribution < -0.4 is 5.73 Å². The molecule has 2 N–H and O–H groups in total. The lowest BCUT2D eigenvalue weighted by Crippen LogP contribution is -2.32. The van der Waals surface area contributed by atoms with Crippen LogP contribution in [-0.4, -0.2) is 11.4 Å². The molecule has 1 saturated carbocycles. The molecule has 1 aliphatic rings. The molecule has 58 valence electrons. The van der Waals surface area contributed by atoms with E-state index in [9.17, 15) is 0 Å². The lowest BCUT2D eigenvalue weighted by Gasteiger charge is -2.24. The van der Waals surface area contributed by atoms with Gasteiger partial charge in [0.15, 0.2) is 0 Å². The minimum Gasteiger partial charge on any atom is -0.324 e. The van der Waals surface area contributed by atoms with Crippen molar-refractivity contribution >= 4 is 17.6 Å². The second kappa shape index (κ2) is 4.04. The van der Waals surface area contributed by atoms with Gasteiger partial charge in [0.25, 0.3) is 0 Å². The first-order chi connectivity index (χ1) is 4.84. The van der Waals surface area contributed by atoms with E-state index < -0.39 is 0 Å². The molecule has 0 saturated heterocycles. The molecular formula is C8H15NS. The Labute approximate surface area is 68.0 Å². The van der Waals surface area contributed by atoms with E-state index in [4.69, 9.17) is 18.0 Å². The van der Waals surface area contributed by atoms with E-state index in [-0.39, 0.29) is 6.04 Å². The molecule has 1 atom stereocenters. The number of rotatable bonds is 2. The molecule has 0 aromatic carbocycles. The molecular weight excluding hydrogens is 142 g/mol. The third-order valence-electron chi connectivity index (χ3n) is 2.35. The predicted octanol–water partition coefficient (Wildman–Crippen LogP) is 1.89. The molecule has 0 amide bonds. The lowest BCUT2D eigenvalue weighted by molar-refractivity contribution is 0.345. The summed E-state index contributed by atoms with van der Waals surface area (Å²) in [4.78, 5) is 0. The van der Waals surface area contributed by atoms with Gasteiger partial charge in [-0.05, 0) is 24.1 Å². The first-order valence-electron chi connectivity index (χ1n) is 4.05. The molecule has 0 radical (unpaired) electrons. The highest BCUT2D eigenvalue weighted by Gasteiger charge is 2.17. The summed E-state index contributed by atoms with van der Waals surface area (Å²) in [6, 6.07) is 0.176. The van der Waals surface area contributed by atoms with Crippen LogP contribution in [-0.2, 0) is 0 Å². The monoisotopic (exact) mass is 157 g/mol. The van der Waals surface area contributed by atoms with E-state index in [2.05, 4.69) is 0 Å². The quantitative estimate of drug-likeness (QED) is 0.619. The standard InChI is InChI=1S/C8H15NS/c9-8(6-10)7-4-2-1-3-5-7/h6-8H,1-5,9H2. The van der Waals surface area contributed by atoms with E-state index in [0.29, 0.717) is 5.92 Å². The molecule has 1 unspecified atom stereocenters. The van der Waals surface area contributed by atoms with E-state index in [0.717, 1.165) is 0 Å². The molecule has 0 spiro atoms. The zero-order chi connectivity index (χ0) is 7.40. The van der Waals surface area contributed by atoms with Gasteiger partial charge in [-0.25, -0.2) is 0 Å². The maximum Gasteiger partial charge on any atom is 0.0357 e. The van der Waals surface area contributed by atoms with Crippen LogP contribution in [0.5, 0.6) is 0 Å². The molecule has 2 heteroatoms. The molecule has 0 heterocycles. The maximum atomic E-state index is 5.79. The summed E-state index contributed by atoms with van der Waals surface area (Å²) in [7, 11) is 0. The molecule has 1 fully saturated rings. The van der Waals surface area contributed by atoms with Crippen molar-refractivity contribution in [3.8, 4) is 0 Å². The summed E-state index contributed by atoms with van der Waals surface area (Å²) >= 11 is 4.81. The molecule has 1 nitrogen and oxygen atoms in total. The van der Waals surface area contributed by atoms with E-state index in [1.807, 2.05) is 0 Å². The Morgan fingerprint density at radius 3 is 2.40 bits per heavy atom. The molecule has 0 aromatic rings. The fourth-order valence-electron chi connectivity index (χ4n) is 1.63. The average molecular weight is 157 g/mol. The van der Waals surface area contributed by atoms with Gasteiger partial charge in [0.1, 0.15) is 0 Å².